The molecule has 6 aromatic carbocycles. The van der Waals surface area contributed by atoms with Crippen molar-refractivity contribution in [2.24, 2.45) is 0 Å². The molecule has 0 radical (unpaired) electrons. The Morgan fingerprint density at radius 1 is 0.524 bits per heavy atom. The van der Waals surface area contributed by atoms with E-state index >= 15 is 0 Å². The number of fused-ring (bicyclic) bond motifs is 4. The molecule has 8 rings (SSSR count). The number of anilines is 2. The third kappa shape index (κ3) is 4.23. The molecule has 3 heteroatoms. The first-order chi connectivity index (χ1) is 20.8. The van der Waals surface area contributed by atoms with Crippen LogP contribution in [0.15, 0.2) is 156 Å². The molecule has 1 N–H and O–H groups in total. The highest BCUT2D eigenvalue weighted by Gasteiger charge is 2.23. The summed E-state index contributed by atoms with van der Waals surface area (Å²) in [4.78, 5) is 2.30. The maximum Gasteiger partial charge on any atom is 0.135 e. The van der Waals surface area contributed by atoms with Gasteiger partial charge in [0.25, 0.3) is 0 Å². The van der Waals surface area contributed by atoms with E-state index in [1.54, 1.807) is 0 Å². The monoisotopic (exact) mass is 540 g/mol. The Hall–Kier alpha value is -5.54. The first-order valence-electron chi connectivity index (χ1n) is 14.3. The Balaban J connectivity index is 1.23. The van der Waals surface area contributed by atoms with Crippen LogP contribution in [0.2, 0.25) is 0 Å². The lowest BCUT2D eigenvalue weighted by Crippen LogP contribution is -2.29. The summed E-state index contributed by atoms with van der Waals surface area (Å²) in [5.74, 6) is 1.98. The third-order valence-corrected chi connectivity index (χ3v) is 8.12. The van der Waals surface area contributed by atoms with Crippen LogP contribution in [0.4, 0.5) is 11.4 Å². The van der Waals surface area contributed by atoms with Gasteiger partial charge >= 0.3 is 0 Å². The highest BCUT2D eigenvalue weighted by atomic mass is 16.3. The minimum atomic E-state index is 0.628. The lowest BCUT2D eigenvalue weighted by atomic mass is 9.98. The SMILES string of the molecule is C1=C(N(c2ccc(-c3ccccc3)cc2)c2ccc(-c3cccc4ccccc34)cc2)NCc2oc3ccccc3c21. The molecule has 0 bridgehead atoms. The van der Waals surface area contributed by atoms with E-state index < -0.39 is 0 Å². The second-order valence-corrected chi connectivity index (χ2v) is 10.6. The standard InChI is InChI=1S/C39H28N2O/c1-2-9-27(10-3-1)28-17-21-31(22-18-28)41(39-25-36-35-14-6-7-16-37(35)42-38(36)26-40-39)32-23-19-30(20-24-32)34-15-8-12-29-11-4-5-13-33(29)34/h1-25,40H,26H2. The normalized spacial score (nSPS) is 12.5. The summed E-state index contributed by atoms with van der Waals surface area (Å²) in [5.41, 5.74) is 9.06. The van der Waals surface area contributed by atoms with Crippen molar-refractivity contribution >= 4 is 39.2 Å². The maximum absolute atomic E-state index is 6.17. The lowest BCUT2D eigenvalue weighted by molar-refractivity contribution is 0.525. The second-order valence-electron chi connectivity index (χ2n) is 10.6. The first-order valence-corrected chi connectivity index (χ1v) is 14.3. The number of hydrogen-bond donors (Lipinski definition) is 1. The van der Waals surface area contributed by atoms with Crippen LogP contribution in [-0.2, 0) is 6.54 Å². The molecule has 0 fully saturated rings. The summed E-state index contributed by atoms with van der Waals surface area (Å²) in [6.45, 7) is 0.628. The van der Waals surface area contributed by atoms with E-state index in [9.17, 15) is 0 Å². The first kappa shape index (κ1) is 24.3. The summed E-state index contributed by atoms with van der Waals surface area (Å²) in [5, 5.41) is 7.29. The number of benzene rings is 6. The van der Waals surface area contributed by atoms with E-state index in [4.69, 9.17) is 4.42 Å². The van der Waals surface area contributed by atoms with Gasteiger partial charge in [-0.25, -0.2) is 0 Å². The number of furan rings is 1. The molecule has 0 atom stereocenters. The van der Waals surface area contributed by atoms with E-state index in [-0.39, 0.29) is 0 Å². The van der Waals surface area contributed by atoms with Crippen molar-refractivity contribution in [1.29, 1.82) is 0 Å². The van der Waals surface area contributed by atoms with Crippen molar-refractivity contribution in [2.45, 2.75) is 6.54 Å². The quantitative estimate of drug-likeness (QED) is 0.235. The minimum Gasteiger partial charge on any atom is -0.459 e. The molecule has 200 valence electrons. The molecular formula is C39H28N2O. The predicted octanol–water partition coefficient (Wildman–Crippen LogP) is 10.2. The zero-order valence-electron chi connectivity index (χ0n) is 23.0. The fourth-order valence-electron chi connectivity index (χ4n) is 6.04. The maximum atomic E-state index is 6.17. The van der Waals surface area contributed by atoms with Crippen LogP contribution in [0.3, 0.4) is 0 Å². The van der Waals surface area contributed by atoms with Gasteiger partial charge in [0.1, 0.15) is 17.2 Å². The topological polar surface area (TPSA) is 28.4 Å². The Morgan fingerprint density at radius 3 is 1.93 bits per heavy atom. The van der Waals surface area contributed by atoms with Crippen LogP contribution in [0.1, 0.15) is 11.3 Å². The fraction of sp³-hybridized carbons (Fsp3) is 0.0256. The number of nitrogens with zero attached hydrogens (tertiary/aromatic N) is 1. The number of para-hydroxylation sites is 1. The molecule has 0 unspecified atom stereocenters. The van der Waals surface area contributed by atoms with Crippen LogP contribution in [0.25, 0.3) is 50.1 Å². The van der Waals surface area contributed by atoms with Gasteiger partial charge in [0.2, 0.25) is 0 Å². The van der Waals surface area contributed by atoms with Crippen molar-refractivity contribution in [1.82, 2.24) is 5.32 Å². The molecule has 2 heterocycles. The largest absolute Gasteiger partial charge is 0.459 e. The van der Waals surface area contributed by atoms with Crippen molar-refractivity contribution in [3.05, 3.63) is 163 Å². The molecule has 7 aromatic rings. The minimum absolute atomic E-state index is 0.628. The zero-order valence-corrected chi connectivity index (χ0v) is 23.0. The summed E-state index contributed by atoms with van der Waals surface area (Å²) < 4.78 is 6.17. The average molecular weight is 541 g/mol. The second kappa shape index (κ2) is 10.1. The molecule has 0 amide bonds. The van der Waals surface area contributed by atoms with Crippen LogP contribution in [0, 0.1) is 0 Å². The van der Waals surface area contributed by atoms with Crippen LogP contribution >= 0.6 is 0 Å². The smallest absolute Gasteiger partial charge is 0.135 e. The highest BCUT2D eigenvalue weighted by molar-refractivity contribution is 5.97. The summed E-state index contributed by atoms with van der Waals surface area (Å²) in [6.07, 6.45) is 2.22. The van der Waals surface area contributed by atoms with Crippen molar-refractivity contribution in [3.63, 3.8) is 0 Å². The van der Waals surface area contributed by atoms with E-state index in [0.717, 1.165) is 39.5 Å². The Labute approximate surface area is 245 Å². The van der Waals surface area contributed by atoms with Crippen molar-refractivity contribution < 1.29 is 4.42 Å². The summed E-state index contributed by atoms with van der Waals surface area (Å²) in [6, 6.07) is 51.5. The third-order valence-electron chi connectivity index (χ3n) is 8.12. The molecular weight excluding hydrogens is 512 g/mol. The Bertz CT molecular complexity index is 2070. The van der Waals surface area contributed by atoms with Gasteiger partial charge < -0.3 is 9.73 Å². The number of rotatable bonds is 5. The Morgan fingerprint density at radius 2 is 1.14 bits per heavy atom. The fourth-order valence-corrected chi connectivity index (χ4v) is 6.04. The highest BCUT2D eigenvalue weighted by Crippen LogP contribution is 2.38. The molecule has 1 aromatic heterocycles. The van der Waals surface area contributed by atoms with Crippen LogP contribution in [-0.4, -0.2) is 0 Å². The van der Waals surface area contributed by atoms with E-state index in [1.807, 2.05) is 12.1 Å². The predicted molar refractivity (Wildman–Crippen MR) is 174 cm³/mol. The van der Waals surface area contributed by atoms with Gasteiger partial charge in [-0.2, -0.15) is 0 Å². The van der Waals surface area contributed by atoms with Gasteiger partial charge in [0, 0.05) is 22.3 Å². The Kier molecular flexibility index (Phi) is 5.86. The average Bonchev–Trinajstić information content (AvgIpc) is 3.44. The summed E-state index contributed by atoms with van der Waals surface area (Å²) in [7, 11) is 0. The van der Waals surface area contributed by atoms with Gasteiger partial charge in [0.15, 0.2) is 0 Å². The molecule has 0 aliphatic carbocycles. The molecule has 0 saturated heterocycles. The van der Waals surface area contributed by atoms with Crippen LogP contribution < -0.4 is 10.2 Å². The summed E-state index contributed by atoms with van der Waals surface area (Å²) >= 11 is 0. The van der Waals surface area contributed by atoms with Gasteiger partial charge in [-0.3, -0.25) is 4.90 Å². The van der Waals surface area contributed by atoms with E-state index in [0.29, 0.717) is 6.54 Å². The molecule has 1 aliphatic heterocycles. The van der Waals surface area contributed by atoms with Gasteiger partial charge in [-0.15, -0.1) is 0 Å². The van der Waals surface area contributed by atoms with E-state index in [1.165, 1.54) is 33.0 Å². The molecule has 0 saturated carbocycles. The van der Waals surface area contributed by atoms with Gasteiger partial charge in [0.05, 0.1) is 6.54 Å². The zero-order chi connectivity index (χ0) is 27.9. The lowest BCUT2D eigenvalue weighted by Gasteiger charge is -2.30. The molecule has 1 aliphatic rings. The molecule has 0 spiro atoms. The molecule has 42 heavy (non-hydrogen) atoms. The number of nitrogens with one attached hydrogen (secondary N) is 1. The van der Waals surface area contributed by atoms with Gasteiger partial charge in [-0.05, 0) is 69.4 Å². The van der Waals surface area contributed by atoms with Crippen LogP contribution in [0.5, 0.6) is 0 Å². The van der Waals surface area contributed by atoms with E-state index in [2.05, 4.69) is 150 Å². The van der Waals surface area contributed by atoms with Crippen molar-refractivity contribution in [3.8, 4) is 22.3 Å². The van der Waals surface area contributed by atoms with Crippen molar-refractivity contribution in [2.75, 3.05) is 4.90 Å². The molecule has 3 nitrogen and oxygen atoms in total. The number of hydrogen-bond acceptors (Lipinski definition) is 3. The van der Waals surface area contributed by atoms with Gasteiger partial charge in [-0.1, -0.05) is 115 Å².